The number of amides is 1. The highest BCUT2D eigenvalue weighted by Crippen LogP contribution is 2.47. The van der Waals surface area contributed by atoms with Gasteiger partial charge in [0.15, 0.2) is 6.10 Å². The van der Waals surface area contributed by atoms with E-state index in [4.69, 9.17) is 21.1 Å². The molecule has 4 aromatic rings. The molecule has 6 rings (SSSR count). The van der Waals surface area contributed by atoms with Gasteiger partial charge in [0.2, 0.25) is 5.91 Å². The van der Waals surface area contributed by atoms with Crippen molar-refractivity contribution in [1.29, 1.82) is 0 Å². The molecule has 1 amide bonds. The predicted octanol–water partition coefficient (Wildman–Crippen LogP) is 6.55. The highest BCUT2D eigenvalue weighted by atomic mass is 35.5. The molecule has 0 fully saturated rings. The molecule has 0 aliphatic carbocycles. The number of pyridine rings is 1. The van der Waals surface area contributed by atoms with Gasteiger partial charge in [-0.25, -0.2) is 9.97 Å². The summed E-state index contributed by atoms with van der Waals surface area (Å²) in [4.78, 5) is 23.9. The molecule has 0 saturated carbocycles. The number of carbonyl (C=O) groups excluding carboxylic acids is 1. The number of halogens is 1. The third kappa shape index (κ3) is 3.86. The zero-order chi connectivity index (χ0) is 23.8. The highest BCUT2D eigenvalue weighted by Gasteiger charge is 2.35. The summed E-state index contributed by atoms with van der Waals surface area (Å²) in [6, 6.07) is 13.3. The fraction of sp³-hybridized carbons (Fsp3) is 0.269. The number of carbonyl (C=O) groups is 1. The van der Waals surface area contributed by atoms with E-state index in [2.05, 4.69) is 27.2 Å². The van der Waals surface area contributed by atoms with Crippen molar-refractivity contribution in [3.05, 3.63) is 70.6 Å². The first-order valence-corrected chi connectivity index (χ1v) is 11.8. The molecule has 0 radical (unpaired) electrons. The maximum absolute atomic E-state index is 11.7. The summed E-state index contributed by atoms with van der Waals surface area (Å²) < 4.78 is 12.4. The van der Waals surface area contributed by atoms with Crippen LogP contribution in [0.4, 0.5) is 5.82 Å². The SMILES string of the molecule is CC.CC1c2cc(Oc3ccnc4c3CCC(=O)N4)ccc2OC1c1nc2c(Cl)cccc2[nH]1. The average molecular weight is 477 g/mol. The summed E-state index contributed by atoms with van der Waals surface area (Å²) in [5.74, 6) is 3.58. The molecule has 2 aromatic carbocycles. The van der Waals surface area contributed by atoms with Crippen molar-refractivity contribution in [3.63, 3.8) is 0 Å². The number of ether oxygens (including phenoxy) is 2. The van der Waals surface area contributed by atoms with E-state index in [1.807, 2.05) is 56.3 Å². The van der Waals surface area contributed by atoms with Crippen LogP contribution < -0.4 is 14.8 Å². The van der Waals surface area contributed by atoms with Crippen molar-refractivity contribution >= 4 is 34.4 Å². The molecule has 174 valence electrons. The third-order valence-electron chi connectivity index (χ3n) is 6.03. The lowest BCUT2D eigenvalue weighted by molar-refractivity contribution is -0.116. The maximum atomic E-state index is 11.7. The van der Waals surface area contributed by atoms with E-state index in [0.29, 0.717) is 35.2 Å². The van der Waals surface area contributed by atoms with Gasteiger partial charge >= 0.3 is 0 Å². The molecule has 0 spiro atoms. The van der Waals surface area contributed by atoms with E-state index in [0.717, 1.165) is 33.7 Å². The molecule has 4 heterocycles. The molecular formula is C26H25ClN4O3. The van der Waals surface area contributed by atoms with Crippen LogP contribution in [0.5, 0.6) is 17.2 Å². The lowest BCUT2D eigenvalue weighted by Gasteiger charge is -2.19. The van der Waals surface area contributed by atoms with E-state index in [-0.39, 0.29) is 17.9 Å². The number of nitrogens with zero attached hydrogens (tertiary/aromatic N) is 2. The van der Waals surface area contributed by atoms with Crippen LogP contribution in [-0.2, 0) is 11.2 Å². The Balaban J connectivity index is 0.00000117. The number of H-pyrrole nitrogens is 1. The Morgan fingerprint density at radius 2 is 2.00 bits per heavy atom. The fourth-order valence-electron chi connectivity index (χ4n) is 4.38. The van der Waals surface area contributed by atoms with Crippen LogP contribution in [0, 0.1) is 0 Å². The zero-order valence-corrected chi connectivity index (χ0v) is 19.9. The van der Waals surface area contributed by atoms with Crippen LogP contribution in [0.3, 0.4) is 0 Å². The number of fused-ring (bicyclic) bond motifs is 3. The van der Waals surface area contributed by atoms with Crippen molar-refractivity contribution in [2.45, 2.75) is 45.6 Å². The second-order valence-corrected chi connectivity index (χ2v) is 8.48. The second-order valence-electron chi connectivity index (χ2n) is 8.07. The van der Waals surface area contributed by atoms with Gasteiger partial charge in [0, 0.05) is 29.7 Å². The molecule has 2 unspecified atom stereocenters. The fourth-order valence-corrected chi connectivity index (χ4v) is 4.60. The van der Waals surface area contributed by atoms with Gasteiger partial charge in [-0.2, -0.15) is 0 Å². The van der Waals surface area contributed by atoms with Crippen LogP contribution >= 0.6 is 11.6 Å². The first-order valence-electron chi connectivity index (χ1n) is 11.5. The number of nitrogens with one attached hydrogen (secondary N) is 2. The minimum Gasteiger partial charge on any atom is -0.482 e. The Bertz CT molecular complexity index is 1380. The van der Waals surface area contributed by atoms with Gasteiger partial charge in [-0.05, 0) is 42.8 Å². The third-order valence-corrected chi connectivity index (χ3v) is 6.34. The number of imidazole rings is 1. The molecule has 2 aliphatic rings. The highest BCUT2D eigenvalue weighted by molar-refractivity contribution is 6.34. The normalized spacial score (nSPS) is 18.3. The van der Waals surface area contributed by atoms with E-state index in [9.17, 15) is 4.79 Å². The number of hydrogen-bond donors (Lipinski definition) is 2. The summed E-state index contributed by atoms with van der Waals surface area (Å²) in [5, 5.41) is 3.42. The minimum atomic E-state index is -0.243. The van der Waals surface area contributed by atoms with Crippen molar-refractivity contribution < 1.29 is 14.3 Å². The van der Waals surface area contributed by atoms with Gasteiger partial charge in [0.25, 0.3) is 0 Å². The van der Waals surface area contributed by atoms with E-state index >= 15 is 0 Å². The molecule has 7 nitrogen and oxygen atoms in total. The van der Waals surface area contributed by atoms with E-state index < -0.39 is 0 Å². The second kappa shape index (κ2) is 8.99. The summed E-state index contributed by atoms with van der Waals surface area (Å²) in [5.41, 5.74) is 3.59. The van der Waals surface area contributed by atoms with Crippen molar-refractivity contribution in [2.75, 3.05) is 5.32 Å². The van der Waals surface area contributed by atoms with Crippen molar-refractivity contribution in [1.82, 2.24) is 15.0 Å². The topological polar surface area (TPSA) is 89.1 Å². The Morgan fingerprint density at radius 3 is 2.82 bits per heavy atom. The van der Waals surface area contributed by atoms with Gasteiger partial charge in [0.05, 0.1) is 10.5 Å². The van der Waals surface area contributed by atoms with Crippen LogP contribution in [0.25, 0.3) is 11.0 Å². The van der Waals surface area contributed by atoms with Crippen LogP contribution in [-0.4, -0.2) is 20.9 Å². The molecule has 0 saturated heterocycles. The molecule has 2 atom stereocenters. The number of aromatic amines is 1. The lowest BCUT2D eigenvalue weighted by atomic mass is 9.97. The molecule has 2 aliphatic heterocycles. The number of anilines is 1. The minimum absolute atomic E-state index is 0.0245. The van der Waals surface area contributed by atoms with Crippen LogP contribution in [0.2, 0.25) is 5.02 Å². The Hall–Kier alpha value is -3.58. The average Bonchev–Trinajstić information content (AvgIpc) is 3.42. The van der Waals surface area contributed by atoms with Gasteiger partial charge in [0.1, 0.15) is 34.4 Å². The zero-order valence-electron chi connectivity index (χ0n) is 19.2. The van der Waals surface area contributed by atoms with Gasteiger partial charge in [-0.1, -0.05) is 38.4 Å². The Labute approximate surface area is 202 Å². The van der Waals surface area contributed by atoms with E-state index in [1.54, 1.807) is 6.20 Å². The number of rotatable bonds is 3. The smallest absolute Gasteiger partial charge is 0.225 e. The first kappa shape index (κ1) is 22.2. The van der Waals surface area contributed by atoms with Gasteiger partial charge in [-0.3, -0.25) is 4.79 Å². The molecule has 0 bridgehead atoms. The number of aromatic nitrogens is 3. The van der Waals surface area contributed by atoms with Crippen LogP contribution in [0.15, 0.2) is 48.7 Å². The molecular weight excluding hydrogens is 452 g/mol. The van der Waals surface area contributed by atoms with Gasteiger partial charge in [-0.15, -0.1) is 0 Å². The molecule has 2 aromatic heterocycles. The Morgan fingerprint density at radius 1 is 1.15 bits per heavy atom. The van der Waals surface area contributed by atoms with Crippen LogP contribution in [0.1, 0.15) is 56.2 Å². The molecule has 8 heteroatoms. The molecule has 2 N–H and O–H groups in total. The summed E-state index contributed by atoms with van der Waals surface area (Å²) in [6.45, 7) is 6.11. The van der Waals surface area contributed by atoms with Crippen molar-refractivity contribution in [2.24, 2.45) is 0 Å². The number of hydrogen-bond acceptors (Lipinski definition) is 5. The standard InChI is InChI=1S/C24H19ClN4O3.C2H6/c1-12-15-11-13(31-19-9-10-26-23-14(19)6-8-20(30)28-23)5-7-18(15)32-22(12)24-27-17-4-2-3-16(25)21(17)29-24;1-2/h2-5,7,9-12,22H,6,8H2,1H3,(H,27,29)(H,26,28,30);1-2H3. The predicted molar refractivity (Wildman–Crippen MR) is 132 cm³/mol. The van der Waals surface area contributed by atoms with Crippen molar-refractivity contribution in [3.8, 4) is 17.2 Å². The number of para-hydroxylation sites is 1. The lowest BCUT2D eigenvalue weighted by Crippen LogP contribution is -2.20. The maximum Gasteiger partial charge on any atom is 0.225 e. The summed E-state index contributed by atoms with van der Waals surface area (Å²) in [7, 11) is 0. The Kier molecular flexibility index (Phi) is 5.87. The first-order chi connectivity index (χ1) is 16.6. The van der Waals surface area contributed by atoms with Gasteiger partial charge < -0.3 is 19.8 Å². The monoisotopic (exact) mass is 476 g/mol. The quantitative estimate of drug-likeness (QED) is 0.350. The molecule has 34 heavy (non-hydrogen) atoms. The summed E-state index contributed by atoms with van der Waals surface area (Å²) >= 11 is 6.29. The summed E-state index contributed by atoms with van der Waals surface area (Å²) in [6.07, 6.45) is 2.42. The van der Waals surface area contributed by atoms with E-state index in [1.165, 1.54) is 0 Å². The number of benzene rings is 2. The largest absolute Gasteiger partial charge is 0.482 e.